The lowest BCUT2D eigenvalue weighted by Gasteiger charge is -2.17. The second-order valence-corrected chi connectivity index (χ2v) is 5.23. The normalized spacial score (nSPS) is 11.3. The Morgan fingerprint density at radius 1 is 1.24 bits per heavy atom. The first kappa shape index (κ1) is 14.6. The van der Waals surface area contributed by atoms with E-state index in [2.05, 4.69) is 36.2 Å². The maximum absolute atomic E-state index is 5.69. The highest BCUT2D eigenvalue weighted by Crippen LogP contribution is 2.16. The molecule has 0 aliphatic carbocycles. The first-order chi connectivity index (χ1) is 8.30. The molecule has 1 aromatic rings. The summed E-state index contributed by atoms with van der Waals surface area (Å²) in [5.41, 5.74) is 0. The van der Waals surface area contributed by atoms with Gasteiger partial charge < -0.3 is 15.0 Å². The molecule has 1 rings (SSSR count). The van der Waals surface area contributed by atoms with E-state index in [1.807, 2.05) is 18.4 Å². The molecule has 0 saturated carbocycles. The fraction of sp³-hybridized carbons (Fsp3) is 0.692. The summed E-state index contributed by atoms with van der Waals surface area (Å²) in [7, 11) is 1.97. The van der Waals surface area contributed by atoms with E-state index in [4.69, 9.17) is 4.74 Å². The zero-order chi connectivity index (χ0) is 12.5. The SMILES string of the molecule is CCN(CC)CCOCc1ccc(CNC)s1. The van der Waals surface area contributed by atoms with Gasteiger partial charge in [-0.05, 0) is 32.3 Å². The predicted octanol–water partition coefficient (Wildman–Crippen LogP) is 2.33. The van der Waals surface area contributed by atoms with Crippen molar-refractivity contribution in [1.29, 1.82) is 0 Å². The van der Waals surface area contributed by atoms with Crippen molar-refractivity contribution in [3.8, 4) is 0 Å². The molecule has 0 bridgehead atoms. The van der Waals surface area contributed by atoms with Gasteiger partial charge in [-0.1, -0.05) is 13.8 Å². The van der Waals surface area contributed by atoms with Crippen LogP contribution >= 0.6 is 11.3 Å². The Morgan fingerprint density at radius 3 is 2.59 bits per heavy atom. The molecule has 0 radical (unpaired) electrons. The van der Waals surface area contributed by atoms with Gasteiger partial charge in [0.1, 0.15) is 0 Å². The summed E-state index contributed by atoms with van der Waals surface area (Å²) in [5.74, 6) is 0. The summed E-state index contributed by atoms with van der Waals surface area (Å²) >= 11 is 1.83. The Morgan fingerprint density at radius 2 is 1.94 bits per heavy atom. The van der Waals surface area contributed by atoms with Crippen molar-refractivity contribution in [2.24, 2.45) is 0 Å². The minimum atomic E-state index is 0.746. The van der Waals surface area contributed by atoms with Crippen LogP contribution in [0.1, 0.15) is 23.6 Å². The van der Waals surface area contributed by atoms with E-state index in [0.29, 0.717) is 0 Å². The monoisotopic (exact) mass is 256 g/mol. The Labute approximate surface area is 109 Å². The van der Waals surface area contributed by atoms with Gasteiger partial charge in [0.15, 0.2) is 0 Å². The highest BCUT2D eigenvalue weighted by atomic mass is 32.1. The maximum atomic E-state index is 5.69. The lowest BCUT2D eigenvalue weighted by molar-refractivity contribution is 0.0973. The summed E-state index contributed by atoms with van der Waals surface area (Å²) in [5, 5.41) is 3.16. The molecule has 0 aliphatic heterocycles. The van der Waals surface area contributed by atoms with Gasteiger partial charge in [-0.2, -0.15) is 0 Å². The quantitative estimate of drug-likeness (QED) is 0.686. The van der Waals surface area contributed by atoms with Gasteiger partial charge in [-0.15, -0.1) is 11.3 Å². The fourth-order valence-corrected chi connectivity index (χ4v) is 2.64. The van der Waals surface area contributed by atoms with E-state index >= 15 is 0 Å². The second-order valence-electron chi connectivity index (χ2n) is 3.98. The summed E-state index contributed by atoms with van der Waals surface area (Å²) < 4.78 is 5.69. The summed E-state index contributed by atoms with van der Waals surface area (Å²) in [6, 6.07) is 4.33. The second kappa shape index (κ2) is 8.64. The molecule has 0 aliphatic rings. The van der Waals surface area contributed by atoms with Gasteiger partial charge in [0.25, 0.3) is 0 Å². The number of hydrogen-bond acceptors (Lipinski definition) is 4. The van der Waals surface area contributed by atoms with Crippen molar-refractivity contribution in [1.82, 2.24) is 10.2 Å². The molecule has 1 N–H and O–H groups in total. The van der Waals surface area contributed by atoms with Crippen LogP contribution in [0.25, 0.3) is 0 Å². The van der Waals surface area contributed by atoms with Crippen molar-refractivity contribution in [2.45, 2.75) is 27.0 Å². The Bertz CT molecular complexity index is 297. The van der Waals surface area contributed by atoms with Crippen molar-refractivity contribution >= 4 is 11.3 Å². The number of thiophene rings is 1. The van der Waals surface area contributed by atoms with Crippen molar-refractivity contribution < 1.29 is 4.74 Å². The lowest BCUT2D eigenvalue weighted by Crippen LogP contribution is -2.26. The molecule has 0 atom stereocenters. The van der Waals surface area contributed by atoms with E-state index < -0.39 is 0 Å². The molecular weight excluding hydrogens is 232 g/mol. The smallest absolute Gasteiger partial charge is 0.0810 e. The van der Waals surface area contributed by atoms with Gasteiger partial charge >= 0.3 is 0 Å². The number of nitrogens with one attached hydrogen (secondary N) is 1. The first-order valence-electron chi connectivity index (χ1n) is 6.32. The molecule has 4 heteroatoms. The molecular formula is C13H24N2OS. The molecule has 0 spiro atoms. The van der Waals surface area contributed by atoms with Gasteiger partial charge in [0, 0.05) is 22.8 Å². The molecule has 1 aromatic heterocycles. The van der Waals surface area contributed by atoms with Crippen molar-refractivity contribution in [3.05, 3.63) is 21.9 Å². The average molecular weight is 256 g/mol. The van der Waals surface area contributed by atoms with Gasteiger partial charge in [-0.25, -0.2) is 0 Å². The Kier molecular flexibility index (Phi) is 7.44. The maximum Gasteiger partial charge on any atom is 0.0810 e. The van der Waals surface area contributed by atoms with Gasteiger partial charge in [-0.3, -0.25) is 0 Å². The van der Waals surface area contributed by atoms with Crippen molar-refractivity contribution in [2.75, 3.05) is 33.3 Å². The minimum absolute atomic E-state index is 0.746. The van der Waals surface area contributed by atoms with Crippen molar-refractivity contribution in [3.63, 3.8) is 0 Å². The van der Waals surface area contributed by atoms with Crippen LogP contribution in [-0.2, 0) is 17.9 Å². The molecule has 17 heavy (non-hydrogen) atoms. The Hall–Kier alpha value is -0.420. The van der Waals surface area contributed by atoms with Crippen LogP contribution in [0.2, 0.25) is 0 Å². The molecule has 0 unspecified atom stereocenters. The number of nitrogens with zero attached hydrogens (tertiary/aromatic N) is 1. The predicted molar refractivity (Wildman–Crippen MR) is 74.5 cm³/mol. The van der Waals surface area contributed by atoms with Crippen LogP contribution in [0.3, 0.4) is 0 Å². The fourth-order valence-electron chi connectivity index (χ4n) is 1.68. The minimum Gasteiger partial charge on any atom is -0.375 e. The van der Waals surface area contributed by atoms with Crippen LogP contribution in [0, 0.1) is 0 Å². The van der Waals surface area contributed by atoms with Crippen LogP contribution < -0.4 is 5.32 Å². The number of ether oxygens (including phenoxy) is 1. The molecule has 0 saturated heterocycles. The van der Waals surface area contributed by atoms with Gasteiger partial charge in [0.2, 0.25) is 0 Å². The van der Waals surface area contributed by atoms with Crippen LogP contribution in [-0.4, -0.2) is 38.2 Å². The van der Waals surface area contributed by atoms with Gasteiger partial charge in [0.05, 0.1) is 13.2 Å². The highest BCUT2D eigenvalue weighted by Gasteiger charge is 2.01. The third-order valence-corrected chi connectivity index (χ3v) is 3.82. The zero-order valence-corrected chi connectivity index (χ0v) is 12.0. The summed E-state index contributed by atoms with van der Waals surface area (Å²) in [6.07, 6.45) is 0. The number of rotatable bonds is 9. The van der Waals surface area contributed by atoms with E-state index in [-0.39, 0.29) is 0 Å². The number of hydrogen-bond donors (Lipinski definition) is 1. The van der Waals surface area contributed by atoms with E-state index in [1.54, 1.807) is 0 Å². The molecule has 98 valence electrons. The van der Waals surface area contributed by atoms with Crippen LogP contribution in [0.15, 0.2) is 12.1 Å². The number of likely N-dealkylation sites (N-methyl/N-ethyl adjacent to an activating group) is 1. The Balaban J connectivity index is 2.17. The van der Waals surface area contributed by atoms with E-state index in [9.17, 15) is 0 Å². The standard InChI is InChI=1S/C13H24N2OS/c1-4-15(5-2)8-9-16-11-13-7-6-12(17-13)10-14-3/h6-7,14H,4-5,8-11H2,1-3H3. The average Bonchev–Trinajstić information content (AvgIpc) is 2.78. The topological polar surface area (TPSA) is 24.5 Å². The highest BCUT2D eigenvalue weighted by molar-refractivity contribution is 7.11. The molecule has 0 fully saturated rings. The van der Waals surface area contributed by atoms with Crippen LogP contribution in [0.4, 0.5) is 0 Å². The largest absolute Gasteiger partial charge is 0.375 e. The molecule has 1 heterocycles. The summed E-state index contributed by atoms with van der Waals surface area (Å²) in [4.78, 5) is 5.06. The van der Waals surface area contributed by atoms with E-state index in [1.165, 1.54) is 9.75 Å². The zero-order valence-electron chi connectivity index (χ0n) is 11.2. The summed E-state index contributed by atoms with van der Waals surface area (Å²) in [6.45, 7) is 10.1. The van der Waals surface area contributed by atoms with E-state index in [0.717, 1.165) is 39.4 Å². The first-order valence-corrected chi connectivity index (χ1v) is 7.14. The molecule has 0 aromatic carbocycles. The third kappa shape index (κ3) is 5.64. The van der Waals surface area contributed by atoms with Crippen LogP contribution in [0.5, 0.6) is 0 Å². The molecule has 0 amide bonds. The lowest BCUT2D eigenvalue weighted by atomic mass is 10.4. The third-order valence-electron chi connectivity index (χ3n) is 2.76. The molecule has 3 nitrogen and oxygen atoms in total.